The highest BCUT2D eigenvalue weighted by Crippen LogP contribution is 2.70. The van der Waals surface area contributed by atoms with Crippen LogP contribution in [0, 0.1) is 34.5 Å². The van der Waals surface area contributed by atoms with Gasteiger partial charge in [-0.05, 0) is 197 Å². The van der Waals surface area contributed by atoms with Gasteiger partial charge >= 0.3 is 35.8 Å². The van der Waals surface area contributed by atoms with Crippen LogP contribution in [-0.4, -0.2) is 124 Å². The topological polar surface area (TPSA) is 213 Å². The van der Waals surface area contributed by atoms with E-state index >= 15 is 0 Å². The van der Waals surface area contributed by atoms with Crippen molar-refractivity contribution < 1.29 is 85.6 Å². The maximum absolute atomic E-state index is 14.5. The lowest BCUT2D eigenvalue weighted by Gasteiger charge is -2.58. The molecular formula is C83H86O18. The summed E-state index contributed by atoms with van der Waals surface area (Å²) in [6.45, 7) is 10.3. The Balaban J connectivity index is 0.802. The van der Waals surface area contributed by atoms with Crippen molar-refractivity contribution in [3.8, 4) is 11.5 Å². The Morgan fingerprint density at radius 1 is 0.465 bits per heavy atom. The first-order chi connectivity index (χ1) is 48.9. The van der Waals surface area contributed by atoms with E-state index in [0.29, 0.717) is 24.3 Å². The van der Waals surface area contributed by atoms with Gasteiger partial charge in [0.05, 0.1) is 72.0 Å². The molecule has 4 aliphatic carbocycles. The highest BCUT2D eigenvalue weighted by atomic mass is 16.7. The lowest BCUT2D eigenvalue weighted by atomic mass is 9.47. The summed E-state index contributed by atoms with van der Waals surface area (Å²) in [6, 6.07) is 56.7. The number of allylic oxidation sites excluding steroid dienone is 1. The van der Waals surface area contributed by atoms with Crippen LogP contribution in [0.25, 0.3) is 0 Å². The fourth-order valence-corrected chi connectivity index (χ4v) is 17.2. The Morgan fingerprint density at radius 2 is 0.871 bits per heavy atom. The number of fused-ring (bicyclic) bond motifs is 5. The van der Waals surface area contributed by atoms with Crippen LogP contribution < -0.4 is 9.47 Å². The first-order valence-electron chi connectivity index (χ1n) is 35.0. The minimum Gasteiger partial charge on any atom is -0.497 e. The molecule has 0 unspecified atom stereocenters. The predicted octanol–water partition coefficient (Wildman–Crippen LogP) is 14.6. The van der Waals surface area contributed by atoms with Crippen LogP contribution in [0.4, 0.5) is 0 Å². The van der Waals surface area contributed by atoms with Crippen molar-refractivity contribution in [2.45, 2.75) is 159 Å². The van der Waals surface area contributed by atoms with Gasteiger partial charge in [-0.25, -0.2) is 28.8 Å². The maximum Gasteiger partial charge on any atom is 0.338 e. The summed E-state index contributed by atoms with van der Waals surface area (Å²) in [5.74, 6) is -2.64. The lowest BCUT2D eigenvalue weighted by molar-refractivity contribution is -0.307. The Labute approximate surface area is 588 Å². The van der Waals surface area contributed by atoms with Crippen molar-refractivity contribution in [3.63, 3.8) is 0 Å². The number of rotatable bonds is 20. The molecule has 18 heteroatoms. The number of hydrogen-bond donors (Lipinski definition) is 0. The fourth-order valence-electron chi connectivity index (χ4n) is 17.2. The van der Waals surface area contributed by atoms with Gasteiger partial charge in [0, 0.05) is 5.56 Å². The van der Waals surface area contributed by atoms with Crippen molar-refractivity contribution in [1.29, 1.82) is 0 Å². The summed E-state index contributed by atoms with van der Waals surface area (Å²) in [7, 11) is 3.32. The van der Waals surface area contributed by atoms with Crippen molar-refractivity contribution in [3.05, 3.63) is 251 Å². The Hall–Kier alpha value is -9.46. The summed E-state index contributed by atoms with van der Waals surface area (Å²) in [6.07, 6.45) is -6.04. The van der Waals surface area contributed by atoms with E-state index in [1.165, 1.54) is 5.57 Å². The number of hydrogen-bond acceptors (Lipinski definition) is 18. The van der Waals surface area contributed by atoms with E-state index in [0.717, 1.165) is 37.7 Å². The molecule has 2 heterocycles. The third kappa shape index (κ3) is 14.6. The first-order valence-corrected chi connectivity index (χ1v) is 35.0. The molecule has 5 fully saturated rings. The molecule has 526 valence electrons. The first kappa shape index (κ1) is 70.0. The van der Waals surface area contributed by atoms with Crippen LogP contribution in [0.3, 0.4) is 0 Å². The van der Waals surface area contributed by atoms with Crippen molar-refractivity contribution in [1.82, 2.24) is 0 Å². The van der Waals surface area contributed by atoms with Gasteiger partial charge < -0.3 is 56.8 Å². The van der Waals surface area contributed by atoms with Gasteiger partial charge in [-0.3, -0.25) is 0 Å². The van der Waals surface area contributed by atoms with Crippen molar-refractivity contribution in [2.75, 3.05) is 14.2 Å². The zero-order valence-electron chi connectivity index (χ0n) is 57.7. The zero-order valence-corrected chi connectivity index (χ0v) is 57.7. The maximum atomic E-state index is 14.5. The molecule has 0 N–H and O–H groups in total. The number of benzene rings is 7. The second-order valence-corrected chi connectivity index (χ2v) is 28.0. The minimum atomic E-state index is -1.46. The van der Waals surface area contributed by atoms with E-state index in [9.17, 15) is 28.8 Å². The third-order valence-corrected chi connectivity index (χ3v) is 22.2. The molecule has 0 amide bonds. The van der Waals surface area contributed by atoms with Crippen LogP contribution >= 0.6 is 0 Å². The van der Waals surface area contributed by atoms with Gasteiger partial charge in [-0.1, -0.05) is 135 Å². The van der Waals surface area contributed by atoms with Gasteiger partial charge in [0.15, 0.2) is 49.2 Å². The molecule has 3 saturated carbocycles. The number of ether oxygens (including phenoxy) is 12. The van der Waals surface area contributed by atoms with Gasteiger partial charge in [0.25, 0.3) is 0 Å². The number of carbonyl (C=O) groups excluding carboxylic acids is 6. The van der Waals surface area contributed by atoms with Crippen LogP contribution in [0.15, 0.2) is 212 Å². The minimum absolute atomic E-state index is 0.151. The molecule has 18 nitrogen and oxygen atoms in total. The number of carbonyl (C=O) groups is 6. The molecule has 7 aromatic rings. The molecular weight excluding hydrogens is 1280 g/mol. The summed E-state index contributed by atoms with van der Waals surface area (Å²) in [5.41, 5.74) is 3.10. The van der Waals surface area contributed by atoms with Gasteiger partial charge in [0.1, 0.15) is 11.5 Å². The van der Waals surface area contributed by atoms with Crippen LogP contribution in [-0.2, 0) is 47.4 Å². The standard InChI is InChI=1S/C83H86O18/c1-49(92-80-72(100-78(88)56-34-22-12-23-35-56)70(98-76(86)54-30-18-10-19-31-54)68(50(2)93-80)96-74(84)52-26-14-8-15-27-52)67-63(62-47-59(90-6)39-41-66(62)91-7)48-65-61-40-38-58-46-60(42-44-82(58,4)64(61)43-45-83(65,67)5)95-81-73(101-79(89)57-36-24-13-25-37-57)71(99-77(87)55-32-20-11-21-33-55)69(51(3)94-81)97-75(85)53-28-16-9-17-29-53/h8-39,41,47,49-51,60-61,63-65,67-73,80-81H,40,42-46,48H2,1-7H3/t49-,50-,51-,60-,61+,63-,64-,65-,67-,68+,69+,70+,71+,72-,73-,80-,81+,82-,83-/m0/s1. The molecule has 0 radical (unpaired) electrons. The molecule has 2 saturated heterocycles. The Kier molecular flexibility index (Phi) is 21.1. The molecule has 6 aliphatic rings. The molecule has 0 aromatic heterocycles. The molecule has 19 atom stereocenters. The molecule has 0 bridgehead atoms. The Bertz CT molecular complexity index is 4080. The normalized spacial score (nSPS) is 30.6. The van der Waals surface area contributed by atoms with Crippen LogP contribution in [0.2, 0.25) is 0 Å². The van der Waals surface area contributed by atoms with E-state index in [2.05, 4.69) is 26.0 Å². The summed E-state index contributed by atoms with van der Waals surface area (Å²) >= 11 is 0. The van der Waals surface area contributed by atoms with E-state index in [4.69, 9.17) is 56.8 Å². The molecule has 101 heavy (non-hydrogen) atoms. The van der Waals surface area contributed by atoms with E-state index < -0.39 is 109 Å². The van der Waals surface area contributed by atoms with Crippen molar-refractivity contribution >= 4 is 35.8 Å². The van der Waals surface area contributed by atoms with Gasteiger partial charge in [-0.15, -0.1) is 0 Å². The van der Waals surface area contributed by atoms with Crippen LogP contribution in [0.1, 0.15) is 153 Å². The van der Waals surface area contributed by atoms with Gasteiger partial charge in [0.2, 0.25) is 0 Å². The zero-order chi connectivity index (χ0) is 70.5. The summed E-state index contributed by atoms with van der Waals surface area (Å²) in [4.78, 5) is 85.3. The third-order valence-electron chi connectivity index (χ3n) is 22.2. The number of methoxy groups -OCH3 is 2. The Morgan fingerprint density at radius 3 is 1.30 bits per heavy atom. The highest BCUT2D eigenvalue weighted by Gasteiger charge is 2.64. The summed E-state index contributed by atoms with van der Waals surface area (Å²) in [5, 5.41) is 0. The monoisotopic (exact) mass is 1370 g/mol. The van der Waals surface area contributed by atoms with E-state index in [-0.39, 0.29) is 73.8 Å². The number of esters is 6. The largest absolute Gasteiger partial charge is 0.497 e. The average molecular weight is 1370 g/mol. The second-order valence-electron chi connectivity index (χ2n) is 28.0. The quantitative estimate of drug-likeness (QED) is 0.0394. The SMILES string of the molecule is COc1ccc(OC)c([C@@H]2C[C@H]3[C@@H]4CC=C5C[C@@H](O[C@H]6O[C@@H](C)[C@@H](OC(=O)c7ccccc7)[C@@H](OC(=O)c7ccccc7)[C@@H]6OC(=O)c6ccccc6)CC[C@]5(C)[C@H]4CC[C@]3(C)[C@H]2[C@H](C)O[C@H]2O[C@@H](C)[C@@H](OC(=O)c3ccccc3)[C@@H](OC(=O)c3ccccc3)[C@@H]2OC(=O)c2ccccc2)c1. The smallest absolute Gasteiger partial charge is 0.338 e. The van der Waals surface area contributed by atoms with Gasteiger partial charge in [-0.2, -0.15) is 0 Å². The average Bonchev–Trinajstić information content (AvgIpc) is 1.65. The predicted molar refractivity (Wildman–Crippen MR) is 371 cm³/mol. The molecule has 0 spiro atoms. The van der Waals surface area contributed by atoms with Crippen LogP contribution in [0.5, 0.6) is 11.5 Å². The van der Waals surface area contributed by atoms with E-state index in [1.54, 1.807) is 210 Å². The highest BCUT2D eigenvalue weighted by molar-refractivity contribution is 5.93. The molecule has 13 rings (SSSR count). The molecule has 7 aromatic carbocycles. The lowest BCUT2D eigenvalue weighted by Crippen LogP contribution is -2.62. The molecule has 2 aliphatic heterocycles. The fraction of sp³-hybridized carbons (Fsp3) is 0.398. The van der Waals surface area contributed by atoms with Crippen molar-refractivity contribution in [2.24, 2.45) is 34.5 Å². The summed E-state index contributed by atoms with van der Waals surface area (Å²) < 4.78 is 78.3. The second kappa shape index (κ2) is 30.4. The van der Waals surface area contributed by atoms with E-state index in [1.807, 2.05) is 19.1 Å².